The minimum absolute atomic E-state index is 0.0132. The third kappa shape index (κ3) is 3.94. The van der Waals surface area contributed by atoms with Crippen LogP contribution in [0, 0.1) is 13.8 Å². The lowest BCUT2D eigenvalue weighted by Gasteiger charge is -2.18. The summed E-state index contributed by atoms with van der Waals surface area (Å²) in [6.45, 7) is 5.80. The smallest absolute Gasteiger partial charge is 0.255 e. The molecule has 1 atom stereocenters. The van der Waals surface area contributed by atoms with Crippen LogP contribution in [0.3, 0.4) is 0 Å². The molecule has 0 saturated carbocycles. The summed E-state index contributed by atoms with van der Waals surface area (Å²) in [5.74, 6) is 1.32. The maximum absolute atomic E-state index is 12.4. The first-order valence-electron chi connectivity index (χ1n) is 7.39. The Morgan fingerprint density at radius 2 is 2.24 bits per heavy atom. The van der Waals surface area contributed by atoms with Crippen molar-refractivity contribution < 1.29 is 9.21 Å². The number of unbranched alkanes of at least 4 members (excludes halogenated alkanes) is 1. The van der Waals surface area contributed by atoms with E-state index in [1.807, 2.05) is 32.2 Å². The first-order valence-corrected chi connectivity index (χ1v) is 7.39. The second-order valence-corrected chi connectivity index (χ2v) is 5.28. The summed E-state index contributed by atoms with van der Waals surface area (Å²) in [5, 5.41) is 3.10. The number of aromatic nitrogens is 1. The Kier molecular flexibility index (Phi) is 5.14. The molecule has 1 unspecified atom stereocenters. The van der Waals surface area contributed by atoms with E-state index in [-0.39, 0.29) is 11.9 Å². The number of furan rings is 1. The van der Waals surface area contributed by atoms with E-state index >= 15 is 0 Å². The summed E-state index contributed by atoms with van der Waals surface area (Å²) in [6, 6.07) is 5.67. The Labute approximate surface area is 125 Å². The Morgan fingerprint density at radius 3 is 2.81 bits per heavy atom. The minimum atomic E-state index is -0.0886. The van der Waals surface area contributed by atoms with Crippen LogP contribution < -0.4 is 5.32 Å². The van der Waals surface area contributed by atoms with Crippen molar-refractivity contribution in [2.45, 2.75) is 46.1 Å². The molecule has 4 nitrogen and oxygen atoms in total. The second kappa shape index (κ2) is 7.07. The number of rotatable bonds is 6. The number of hydrogen-bond acceptors (Lipinski definition) is 3. The number of carbonyl (C=O) groups excluding carboxylic acids is 1. The lowest BCUT2D eigenvalue weighted by atomic mass is 10.0. The largest absolute Gasteiger partial charge is 0.466 e. The standard InChI is InChI=1S/C17H22N2O2/c1-4-5-8-16(14-7-6-9-18-11-14)19-17(20)15-10-12(2)21-13(15)3/h6-7,9-11,16H,4-5,8H2,1-3H3,(H,19,20). The Bertz CT molecular complexity index is 590. The summed E-state index contributed by atoms with van der Waals surface area (Å²) < 4.78 is 5.43. The minimum Gasteiger partial charge on any atom is -0.466 e. The van der Waals surface area contributed by atoms with Gasteiger partial charge in [-0.25, -0.2) is 0 Å². The number of hydrogen-bond donors (Lipinski definition) is 1. The number of nitrogens with one attached hydrogen (secondary N) is 1. The molecule has 0 aliphatic rings. The molecule has 0 saturated heterocycles. The van der Waals surface area contributed by atoms with E-state index in [1.165, 1.54) is 0 Å². The van der Waals surface area contributed by atoms with Crippen molar-refractivity contribution in [1.29, 1.82) is 0 Å². The summed E-state index contributed by atoms with van der Waals surface area (Å²) in [5.41, 5.74) is 1.65. The molecule has 1 N–H and O–H groups in total. The summed E-state index contributed by atoms with van der Waals surface area (Å²) >= 11 is 0. The molecule has 0 aliphatic carbocycles. The molecule has 0 bridgehead atoms. The first kappa shape index (κ1) is 15.3. The highest BCUT2D eigenvalue weighted by Crippen LogP contribution is 2.21. The predicted molar refractivity (Wildman–Crippen MR) is 82.2 cm³/mol. The fourth-order valence-electron chi connectivity index (χ4n) is 2.40. The average molecular weight is 286 g/mol. The monoisotopic (exact) mass is 286 g/mol. The average Bonchev–Trinajstić information content (AvgIpc) is 2.83. The van der Waals surface area contributed by atoms with Crippen LogP contribution >= 0.6 is 0 Å². The maximum atomic E-state index is 12.4. The van der Waals surface area contributed by atoms with Crippen LogP contribution in [0.5, 0.6) is 0 Å². The van der Waals surface area contributed by atoms with Gasteiger partial charge in [0.15, 0.2) is 0 Å². The molecule has 0 spiro atoms. The normalized spacial score (nSPS) is 12.1. The van der Waals surface area contributed by atoms with Crippen molar-refractivity contribution in [3.05, 3.63) is 53.2 Å². The first-order chi connectivity index (χ1) is 10.1. The quantitative estimate of drug-likeness (QED) is 0.874. The molecule has 2 rings (SSSR count). The van der Waals surface area contributed by atoms with Crippen LogP contribution in [0.15, 0.2) is 35.0 Å². The van der Waals surface area contributed by atoms with Gasteiger partial charge in [0, 0.05) is 12.4 Å². The summed E-state index contributed by atoms with van der Waals surface area (Å²) in [6.07, 6.45) is 6.61. The lowest BCUT2D eigenvalue weighted by Crippen LogP contribution is -2.28. The highest BCUT2D eigenvalue weighted by atomic mass is 16.3. The van der Waals surface area contributed by atoms with Crippen LogP contribution in [-0.2, 0) is 0 Å². The zero-order valence-electron chi connectivity index (χ0n) is 12.8. The fraction of sp³-hybridized carbons (Fsp3) is 0.412. The van der Waals surface area contributed by atoms with E-state index in [4.69, 9.17) is 4.42 Å². The van der Waals surface area contributed by atoms with E-state index < -0.39 is 0 Å². The van der Waals surface area contributed by atoms with Gasteiger partial charge in [-0.15, -0.1) is 0 Å². The zero-order chi connectivity index (χ0) is 15.2. The van der Waals surface area contributed by atoms with Crippen LogP contribution in [0.4, 0.5) is 0 Å². The van der Waals surface area contributed by atoms with Crippen molar-refractivity contribution in [1.82, 2.24) is 10.3 Å². The van der Waals surface area contributed by atoms with Gasteiger partial charge in [-0.1, -0.05) is 25.8 Å². The molecule has 112 valence electrons. The van der Waals surface area contributed by atoms with Crippen molar-refractivity contribution >= 4 is 5.91 Å². The molecular formula is C17H22N2O2. The maximum Gasteiger partial charge on any atom is 0.255 e. The summed E-state index contributed by atoms with van der Waals surface area (Å²) in [4.78, 5) is 16.6. The van der Waals surface area contributed by atoms with Crippen LogP contribution in [0.2, 0.25) is 0 Å². The van der Waals surface area contributed by atoms with Crippen LogP contribution in [0.1, 0.15) is 59.7 Å². The Balaban J connectivity index is 2.15. The highest BCUT2D eigenvalue weighted by Gasteiger charge is 2.19. The summed E-state index contributed by atoms with van der Waals surface area (Å²) in [7, 11) is 0. The molecule has 21 heavy (non-hydrogen) atoms. The molecule has 0 fully saturated rings. The number of pyridine rings is 1. The number of carbonyl (C=O) groups is 1. The molecule has 0 aromatic carbocycles. The molecule has 0 radical (unpaired) electrons. The Morgan fingerprint density at radius 1 is 1.43 bits per heavy atom. The van der Waals surface area contributed by atoms with Gasteiger partial charge >= 0.3 is 0 Å². The van der Waals surface area contributed by atoms with Gasteiger partial charge in [0.25, 0.3) is 5.91 Å². The molecular weight excluding hydrogens is 264 g/mol. The van der Waals surface area contributed by atoms with Crippen LogP contribution in [-0.4, -0.2) is 10.9 Å². The zero-order valence-corrected chi connectivity index (χ0v) is 12.8. The van der Waals surface area contributed by atoms with Gasteiger partial charge in [-0.05, 0) is 38.0 Å². The van der Waals surface area contributed by atoms with E-state index in [2.05, 4.69) is 17.2 Å². The lowest BCUT2D eigenvalue weighted by molar-refractivity contribution is 0.0932. The molecule has 4 heteroatoms. The third-order valence-electron chi connectivity index (χ3n) is 3.52. The van der Waals surface area contributed by atoms with Gasteiger partial charge in [0.2, 0.25) is 0 Å². The van der Waals surface area contributed by atoms with Gasteiger partial charge in [0.1, 0.15) is 11.5 Å². The number of aryl methyl sites for hydroxylation is 2. The van der Waals surface area contributed by atoms with Gasteiger partial charge in [-0.3, -0.25) is 9.78 Å². The van der Waals surface area contributed by atoms with E-state index in [0.717, 1.165) is 30.6 Å². The highest BCUT2D eigenvalue weighted by molar-refractivity contribution is 5.95. The van der Waals surface area contributed by atoms with Gasteiger partial charge < -0.3 is 9.73 Å². The molecule has 0 aliphatic heterocycles. The molecule has 2 heterocycles. The second-order valence-electron chi connectivity index (χ2n) is 5.28. The van der Waals surface area contributed by atoms with Gasteiger partial charge in [-0.2, -0.15) is 0 Å². The SMILES string of the molecule is CCCCC(NC(=O)c1cc(C)oc1C)c1cccnc1. The predicted octanol–water partition coefficient (Wildman–Crippen LogP) is 3.95. The molecule has 2 aromatic heterocycles. The van der Waals surface area contributed by atoms with E-state index in [9.17, 15) is 4.79 Å². The van der Waals surface area contributed by atoms with Crippen molar-refractivity contribution in [3.8, 4) is 0 Å². The van der Waals surface area contributed by atoms with E-state index in [1.54, 1.807) is 12.3 Å². The fourth-order valence-corrected chi connectivity index (χ4v) is 2.40. The third-order valence-corrected chi connectivity index (χ3v) is 3.52. The topological polar surface area (TPSA) is 55.1 Å². The van der Waals surface area contributed by atoms with Gasteiger partial charge in [0.05, 0.1) is 11.6 Å². The number of amides is 1. The molecule has 1 amide bonds. The van der Waals surface area contributed by atoms with Crippen molar-refractivity contribution in [3.63, 3.8) is 0 Å². The number of nitrogens with zero attached hydrogens (tertiary/aromatic N) is 1. The molecule has 2 aromatic rings. The van der Waals surface area contributed by atoms with Crippen molar-refractivity contribution in [2.75, 3.05) is 0 Å². The van der Waals surface area contributed by atoms with Crippen molar-refractivity contribution in [2.24, 2.45) is 0 Å². The Hall–Kier alpha value is -2.10. The van der Waals surface area contributed by atoms with Crippen LogP contribution in [0.25, 0.3) is 0 Å². The van der Waals surface area contributed by atoms with E-state index in [0.29, 0.717) is 11.3 Å².